The van der Waals surface area contributed by atoms with Gasteiger partial charge in [-0.2, -0.15) is 0 Å². The van der Waals surface area contributed by atoms with Crippen molar-refractivity contribution in [2.45, 2.75) is 31.9 Å². The number of aromatic nitrogens is 1. The van der Waals surface area contributed by atoms with Crippen LogP contribution in [0.1, 0.15) is 28.8 Å². The second-order valence-electron chi connectivity index (χ2n) is 5.02. The first-order chi connectivity index (χ1) is 9.15. The highest BCUT2D eigenvalue weighted by Gasteiger charge is 2.31. The quantitative estimate of drug-likeness (QED) is 0.914. The largest absolute Gasteiger partial charge is 0.381 e. The molecule has 2 unspecified atom stereocenters. The number of nitrogens with zero attached hydrogens (tertiary/aromatic N) is 2. The van der Waals surface area contributed by atoms with Gasteiger partial charge in [0.15, 0.2) is 0 Å². The molecule has 1 amide bonds. The molecule has 0 aliphatic carbocycles. The number of piperidine rings is 1. The summed E-state index contributed by atoms with van der Waals surface area (Å²) in [5, 5.41) is 0. The first-order valence-electron chi connectivity index (χ1n) is 6.61. The molecule has 21 heavy (non-hydrogen) atoms. The third-order valence-corrected chi connectivity index (χ3v) is 3.66. The summed E-state index contributed by atoms with van der Waals surface area (Å²) >= 11 is 0. The van der Waals surface area contributed by atoms with E-state index in [0.29, 0.717) is 18.7 Å². The predicted molar refractivity (Wildman–Crippen MR) is 87.4 cm³/mol. The maximum atomic E-state index is 12.5. The van der Waals surface area contributed by atoms with Crippen LogP contribution in [0.4, 0.5) is 0 Å². The van der Waals surface area contributed by atoms with Crippen molar-refractivity contribution in [1.82, 2.24) is 9.88 Å². The number of rotatable bonds is 3. The normalized spacial score (nSPS) is 21.2. The number of halogens is 2. The van der Waals surface area contributed by atoms with Crippen LogP contribution in [0, 0.1) is 6.92 Å². The molecule has 2 N–H and O–H groups in total. The Hall–Kier alpha value is -0.880. The number of amides is 1. The van der Waals surface area contributed by atoms with E-state index in [2.05, 4.69) is 4.98 Å². The zero-order valence-corrected chi connectivity index (χ0v) is 14.0. The SMILES string of the molecule is COC1CCN(C(=O)c2cncc(C)c2)C(CN)C1.Cl.Cl. The summed E-state index contributed by atoms with van der Waals surface area (Å²) in [5.74, 6) is 0.0150. The van der Waals surface area contributed by atoms with Crippen LogP contribution < -0.4 is 5.73 Å². The molecule has 0 spiro atoms. The van der Waals surface area contributed by atoms with Gasteiger partial charge in [0.2, 0.25) is 0 Å². The van der Waals surface area contributed by atoms with Gasteiger partial charge >= 0.3 is 0 Å². The third-order valence-electron chi connectivity index (χ3n) is 3.66. The van der Waals surface area contributed by atoms with Crippen LogP contribution in [0.3, 0.4) is 0 Å². The highest BCUT2D eigenvalue weighted by molar-refractivity contribution is 5.94. The van der Waals surface area contributed by atoms with E-state index in [1.54, 1.807) is 19.5 Å². The zero-order chi connectivity index (χ0) is 13.8. The maximum absolute atomic E-state index is 12.5. The number of carbonyl (C=O) groups excluding carboxylic acids is 1. The third kappa shape index (κ3) is 4.81. The van der Waals surface area contributed by atoms with Gasteiger partial charge in [0.1, 0.15) is 0 Å². The number of hydrogen-bond donors (Lipinski definition) is 1. The highest BCUT2D eigenvalue weighted by atomic mass is 35.5. The molecular weight excluding hydrogens is 313 g/mol. The van der Waals surface area contributed by atoms with Gasteiger partial charge in [-0.05, 0) is 31.4 Å². The number of methoxy groups -OCH3 is 1. The molecule has 1 aliphatic heterocycles. The van der Waals surface area contributed by atoms with Crippen molar-refractivity contribution in [2.24, 2.45) is 5.73 Å². The summed E-state index contributed by atoms with van der Waals surface area (Å²) in [6.45, 7) is 3.08. The lowest BCUT2D eigenvalue weighted by Gasteiger charge is -2.38. The number of likely N-dealkylation sites (tertiary alicyclic amines) is 1. The molecule has 1 fully saturated rings. The van der Waals surface area contributed by atoms with Crippen molar-refractivity contribution < 1.29 is 9.53 Å². The van der Waals surface area contributed by atoms with Crippen LogP contribution in [0.25, 0.3) is 0 Å². The molecule has 2 heterocycles. The second-order valence-corrected chi connectivity index (χ2v) is 5.02. The minimum Gasteiger partial charge on any atom is -0.381 e. The number of hydrogen-bond acceptors (Lipinski definition) is 4. The van der Waals surface area contributed by atoms with Gasteiger partial charge in [-0.25, -0.2) is 0 Å². The monoisotopic (exact) mass is 335 g/mol. The smallest absolute Gasteiger partial charge is 0.255 e. The molecule has 0 saturated carbocycles. The van der Waals surface area contributed by atoms with Crippen LogP contribution in [0.5, 0.6) is 0 Å². The number of ether oxygens (including phenoxy) is 1. The zero-order valence-electron chi connectivity index (χ0n) is 12.3. The van der Waals surface area contributed by atoms with E-state index < -0.39 is 0 Å². The van der Waals surface area contributed by atoms with Crippen molar-refractivity contribution in [2.75, 3.05) is 20.2 Å². The van der Waals surface area contributed by atoms with Gasteiger partial charge in [0.25, 0.3) is 5.91 Å². The lowest BCUT2D eigenvalue weighted by molar-refractivity contribution is 0.0139. The number of pyridine rings is 1. The van der Waals surface area contributed by atoms with Crippen molar-refractivity contribution >= 4 is 30.7 Å². The minimum absolute atomic E-state index is 0. The standard InChI is InChI=1S/C14H21N3O2.2ClH/c1-10-5-11(9-16-8-10)14(18)17-4-3-13(19-2)6-12(17)7-15;;/h5,8-9,12-13H,3-4,6-7,15H2,1-2H3;2*1H. The molecule has 0 bridgehead atoms. The average molecular weight is 336 g/mol. The minimum atomic E-state index is 0. The molecule has 120 valence electrons. The Labute approximate surface area is 138 Å². The summed E-state index contributed by atoms with van der Waals surface area (Å²) in [7, 11) is 1.71. The lowest BCUT2D eigenvalue weighted by Crippen LogP contribution is -2.51. The van der Waals surface area contributed by atoms with Gasteiger partial charge in [-0.15, -0.1) is 24.8 Å². The summed E-state index contributed by atoms with van der Waals surface area (Å²) < 4.78 is 5.37. The summed E-state index contributed by atoms with van der Waals surface area (Å²) in [4.78, 5) is 18.4. The fourth-order valence-corrected chi connectivity index (χ4v) is 2.56. The molecule has 1 aromatic rings. The molecule has 2 atom stereocenters. The Morgan fingerprint density at radius 1 is 1.48 bits per heavy atom. The Bertz CT molecular complexity index is 460. The van der Waals surface area contributed by atoms with E-state index in [0.717, 1.165) is 18.4 Å². The molecule has 5 nitrogen and oxygen atoms in total. The lowest BCUT2D eigenvalue weighted by atomic mass is 9.98. The van der Waals surface area contributed by atoms with E-state index in [1.807, 2.05) is 17.9 Å². The van der Waals surface area contributed by atoms with E-state index in [1.165, 1.54) is 0 Å². The first kappa shape index (κ1) is 20.1. The van der Waals surface area contributed by atoms with Gasteiger partial charge < -0.3 is 15.4 Å². The summed E-state index contributed by atoms with van der Waals surface area (Å²) in [6, 6.07) is 1.91. The Kier molecular flexibility index (Phi) is 8.82. The highest BCUT2D eigenvalue weighted by Crippen LogP contribution is 2.21. The predicted octanol–water partition coefficient (Wildman–Crippen LogP) is 1.81. The number of nitrogens with two attached hydrogens (primary N) is 1. The van der Waals surface area contributed by atoms with Gasteiger partial charge in [0, 0.05) is 38.6 Å². The van der Waals surface area contributed by atoms with E-state index in [-0.39, 0.29) is 42.9 Å². The van der Waals surface area contributed by atoms with Crippen molar-refractivity contribution in [1.29, 1.82) is 0 Å². The van der Waals surface area contributed by atoms with Crippen LogP contribution in [0.15, 0.2) is 18.5 Å². The number of carbonyl (C=O) groups is 1. The molecule has 2 rings (SSSR count). The van der Waals surface area contributed by atoms with E-state index in [4.69, 9.17) is 10.5 Å². The second kappa shape index (κ2) is 9.20. The number of aryl methyl sites for hydroxylation is 1. The molecule has 0 aromatic carbocycles. The molecular formula is C14H23Cl2N3O2. The summed E-state index contributed by atoms with van der Waals surface area (Å²) in [6.07, 6.45) is 5.23. The van der Waals surface area contributed by atoms with Crippen molar-refractivity contribution in [3.63, 3.8) is 0 Å². The van der Waals surface area contributed by atoms with Crippen molar-refractivity contribution in [3.8, 4) is 0 Å². The van der Waals surface area contributed by atoms with Crippen LogP contribution in [0.2, 0.25) is 0 Å². The van der Waals surface area contributed by atoms with E-state index >= 15 is 0 Å². The van der Waals surface area contributed by atoms with Crippen molar-refractivity contribution in [3.05, 3.63) is 29.6 Å². The van der Waals surface area contributed by atoms with Gasteiger partial charge in [-0.3, -0.25) is 9.78 Å². The fraction of sp³-hybridized carbons (Fsp3) is 0.571. The first-order valence-corrected chi connectivity index (χ1v) is 6.61. The average Bonchev–Trinajstić information content (AvgIpc) is 2.45. The van der Waals surface area contributed by atoms with Gasteiger partial charge in [-0.1, -0.05) is 0 Å². The van der Waals surface area contributed by atoms with Crippen LogP contribution in [-0.2, 0) is 4.74 Å². The van der Waals surface area contributed by atoms with E-state index in [9.17, 15) is 4.79 Å². The molecule has 1 saturated heterocycles. The summed E-state index contributed by atoms with van der Waals surface area (Å²) in [5.41, 5.74) is 7.41. The molecule has 1 aliphatic rings. The Morgan fingerprint density at radius 3 is 2.76 bits per heavy atom. The van der Waals surface area contributed by atoms with Crippen LogP contribution >= 0.6 is 24.8 Å². The fourth-order valence-electron chi connectivity index (χ4n) is 2.56. The Balaban J connectivity index is 0.00000200. The molecule has 0 radical (unpaired) electrons. The Morgan fingerprint density at radius 2 is 2.19 bits per heavy atom. The maximum Gasteiger partial charge on any atom is 0.255 e. The molecule has 7 heteroatoms. The van der Waals surface area contributed by atoms with Gasteiger partial charge in [0.05, 0.1) is 11.7 Å². The topological polar surface area (TPSA) is 68.5 Å². The molecule has 1 aromatic heterocycles. The van der Waals surface area contributed by atoms with Crippen LogP contribution in [-0.4, -0.2) is 48.1 Å².